The number of aryl methyl sites for hydroxylation is 1. The molecule has 1 aromatic carbocycles. The van der Waals surface area contributed by atoms with Crippen molar-refractivity contribution in [3.8, 4) is 22.5 Å². The van der Waals surface area contributed by atoms with E-state index in [0.717, 1.165) is 109 Å². The van der Waals surface area contributed by atoms with Gasteiger partial charge in [0.2, 0.25) is 0 Å². The molecule has 1 unspecified atom stereocenters. The summed E-state index contributed by atoms with van der Waals surface area (Å²) >= 11 is 1.46. The van der Waals surface area contributed by atoms with Gasteiger partial charge in [0, 0.05) is 105 Å². The summed E-state index contributed by atoms with van der Waals surface area (Å²) in [5, 5.41) is 8.45. The van der Waals surface area contributed by atoms with Crippen molar-refractivity contribution in [2.75, 3.05) is 78.5 Å². The Morgan fingerprint density at radius 1 is 1.03 bits per heavy atom. The molecule has 1 saturated carbocycles. The number of thiazole rings is 1. The number of carbonyl (C=O) groups is 4. The molecule has 4 fully saturated rings. The molecule has 4 amide bonds. The van der Waals surface area contributed by atoms with E-state index in [1.165, 1.54) is 16.3 Å². The Morgan fingerprint density at radius 3 is 2.48 bits per heavy atom. The summed E-state index contributed by atoms with van der Waals surface area (Å²) in [6.07, 6.45) is 8.21. The number of hydrogen-bond acceptors (Lipinski definition) is 12. The summed E-state index contributed by atoms with van der Waals surface area (Å²) in [6, 6.07) is 6.36. The van der Waals surface area contributed by atoms with Crippen LogP contribution in [0.1, 0.15) is 95.0 Å². The average Bonchev–Trinajstić information content (AvgIpc) is 4.09. The van der Waals surface area contributed by atoms with E-state index in [2.05, 4.69) is 77.2 Å². The number of hydrogen-bond donors (Lipinski definition) is 3. The molecule has 69 heavy (non-hydrogen) atoms. The third-order valence-electron chi connectivity index (χ3n) is 15.2. The Bertz CT molecular complexity index is 2510. The molecule has 1 aliphatic carbocycles. The number of urea groups is 1. The number of rotatable bonds is 9. The van der Waals surface area contributed by atoms with Gasteiger partial charge in [-0.1, -0.05) is 32.8 Å². The number of pyridine rings is 1. The maximum atomic E-state index is 14.7. The van der Waals surface area contributed by atoms with Crippen molar-refractivity contribution in [1.29, 1.82) is 0 Å². The van der Waals surface area contributed by atoms with E-state index in [4.69, 9.17) is 19.4 Å². The Balaban J connectivity index is 0.00000642. The molecule has 374 valence electrons. The smallest absolute Gasteiger partial charge is 0.417 e. The van der Waals surface area contributed by atoms with Crippen LogP contribution in [0.15, 0.2) is 35.8 Å². The van der Waals surface area contributed by atoms with Crippen LogP contribution in [-0.2, 0) is 43.2 Å². The second-order valence-electron chi connectivity index (χ2n) is 20.6. The maximum Gasteiger partial charge on any atom is 0.417 e. The monoisotopic (exact) mass is 1080 g/mol. The summed E-state index contributed by atoms with van der Waals surface area (Å²) in [4.78, 5) is 74.5. The first-order valence-corrected chi connectivity index (χ1v) is 25.8. The number of methoxy groups -OCH3 is 1. The molecule has 18 heteroatoms. The summed E-state index contributed by atoms with van der Waals surface area (Å²) in [6.45, 7) is 14.9. The number of cyclic esters (lactones) is 1. The number of quaternary nitrogens is 1. The Hall–Kier alpha value is -4.21. The van der Waals surface area contributed by atoms with Crippen LogP contribution in [0.3, 0.4) is 0 Å². The molecule has 3 aromatic heterocycles. The van der Waals surface area contributed by atoms with Gasteiger partial charge in [0.1, 0.15) is 12.1 Å². The first kappa shape index (κ1) is 51.2. The van der Waals surface area contributed by atoms with Crippen molar-refractivity contribution < 1.29 is 57.5 Å². The number of amides is 4. The van der Waals surface area contributed by atoms with Crippen LogP contribution in [0.25, 0.3) is 33.4 Å². The highest BCUT2D eigenvalue weighted by Gasteiger charge is 2.45. The number of hydrazine groups is 1. The number of anilines is 1. The van der Waals surface area contributed by atoms with E-state index in [1.54, 1.807) is 14.2 Å². The highest BCUT2D eigenvalue weighted by molar-refractivity contribution is 7.10. The number of likely N-dealkylation sites (N-methyl/N-ethyl adjacent to an activating group) is 2. The van der Waals surface area contributed by atoms with E-state index in [1.807, 2.05) is 23.4 Å². The summed E-state index contributed by atoms with van der Waals surface area (Å²) in [5.41, 5.74) is 10.7. The number of ether oxygens (including phenoxy) is 2. The predicted molar refractivity (Wildman–Crippen MR) is 263 cm³/mol. The van der Waals surface area contributed by atoms with Crippen LogP contribution in [0.2, 0.25) is 0 Å². The second-order valence-corrected chi connectivity index (χ2v) is 21.5. The molecule has 7 heterocycles. The Morgan fingerprint density at radius 2 is 1.78 bits per heavy atom. The zero-order chi connectivity index (χ0) is 47.9. The van der Waals surface area contributed by atoms with Crippen molar-refractivity contribution in [2.45, 2.75) is 116 Å². The van der Waals surface area contributed by atoms with Crippen molar-refractivity contribution in [2.24, 2.45) is 11.3 Å². The van der Waals surface area contributed by atoms with Gasteiger partial charge in [-0.3, -0.25) is 29.3 Å². The number of esters is 1. The third kappa shape index (κ3) is 10.7. The molecule has 3 N–H and O–H groups in total. The van der Waals surface area contributed by atoms with Crippen molar-refractivity contribution >= 4 is 51.7 Å². The SMILES string of the molecule is CCn1c(-c2cc(N3CCN(C)CC3)cnc2[C@H](C)OC)c2c3cc(ccc31)-c1csc(n1)C[C@H](NC(=O)[C@H](C1CCCC1)[NH+](C)C(=O)N1CCC1)C(=O)N1CCC[C@H](N1)C(=O)OCC(C)(C)C2.[I-]. The fourth-order valence-corrected chi connectivity index (χ4v) is 11.9. The van der Waals surface area contributed by atoms with Crippen LogP contribution in [0.4, 0.5) is 10.5 Å². The van der Waals surface area contributed by atoms with Gasteiger partial charge in [0.25, 0.3) is 11.8 Å². The molecule has 9 rings (SSSR count). The number of nitrogens with one attached hydrogen (secondary N) is 3. The van der Waals surface area contributed by atoms with Gasteiger partial charge < -0.3 is 53.1 Å². The minimum atomic E-state index is -0.994. The van der Waals surface area contributed by atoms with E-state index < -0.39 is 29.5 Å². The Labute approximate surface area is 427 Å². The standard InChI is InChI=1S/C51H70N10O6S.HI/c1-8-60-42-17-16-34-25-36(42)38(46(60)37-26-35(29-52-44(37)32(2)66-7)58-23-21-56(5)22-24-58)28-51(3,4)31-67-49(64)39-15-11-20-61(55-39)48(63)40(27-43-53-41(34)30-68-43)54-47(62)45(33-13-9-10-14-33)57(6)50(65)59-18-12-19-59;/h16-17,25-26,29-30,32-33,39-40,45,55H,8-15,18-24,27-28,31H2,1-7H3,(H,54,62);1H/t32-,39-,40-,45-;/m0./s1. The summed E-state index contributed by atoms with van der Waals surface area (Å²) in [7, 11) is 5.69. The van der Waals surface area contributed by atoms with Gasteiger partial charge in [-0.25, -0.2) is 20.1 Å². The van der Waals surface area contributed by atoms with Crippen molar-refractivity contribution in [1.82, 2.24) is 40.1 Å². The molecular weight excluding hydrogens is 1010 g/mol. The number of likely N-dealkylation sites (tertiary alicyclic amines) is 1. The number of halogens is 1. The van der Waals surface area contributed by atoms with Crippen LogP contribution in [0, 0.1) is 11.3 Å². The minimum Gasteiger partial charge on any atom is -1.00 e. The number of piperazine rings is 1. The topological polar surface area (TPSA) is 159 Å². The first-order chi connectivity index (χ1) is 32.7. The fourth-order valence-electron chi connectivity index (χ4n) is 11.1. The highest BCUT2D eigenvalue weighted by atomic mass is 127. The largest absolute Gasteiger partial charge is 1.00 e. The van der Waals surface area contributed by atoms with Gasteiger partial charge in [0.05, 0.1) is 53.7 Å². The molecule has 6 bridgehead atoms. The normalized spacial score (nSPS) is 22.9. The lowest BCUT2D eigenvalue weighted by atomic mass is 9.84. The van der Waals surface area contributed by atoms with Gasteiger partial charge in [-0.05, 0) is 83.2 Å². The van der Waals surface area contributed by atoms with Crippen molar-refractivity contribution in [3.63, 3.8) is 0 Å². The molecule has 5 aliphatic rings. The fraction of sp³-hybridized carbons (Fsp3) is 0.608. The van der Waals surface area contributed by atoms with Gasteiger partial charge in [-0.2, -0.15) is 0 Å². The predicted octanol–water partition coefficient (Wildman–Crippen LogP) is 1.86. The van der Waals surface area contributed by atoms with Crippen molar-refractivity contribution in [3.05, 3.63) is 52.1 Å². The average molecular weight is 1080 g/mol. The molecule has 4 aliphatic heterocycles. The molecule has 3 saturated heterocycles. The number of benzene rings is 1. The van der Waals surface area contributed by atoms with E-state index >= 15 is 0 Å². The van der Waals surface area contributed by atoms with Crippen LogP contribution >= 0.6 is 11.3 Å². The zero-order valence-electron chi connectivity index (χ0n) is 41.4. The third-order valence-corrected chi connectivity index (χ3v) is 16.1. The minimum absolute atomic E-state index is 0. The lowest BCUT2D eigenvalue weighted by Crippen LogP contribution is -3.19. The lowest BCUT2D eigenvalue weighted by molar-refractivity contribution is -0.820. The molecular formula is C51H71IN10O6S. The molecule has 4 aromatic rings. The quantitative estimate of drug-likeness (QED) is 0.166. The molecule has 0 radical (unpaired) electrons. The van der Waals surface area contributed by atoms with Crippen LogP contribution in [-0.4, -0.2) is 145 Å². The first-order valence-electron chi connectivity index (χ1n) is 25.0. The van der Waals surface area contributed by atoms with Gasteiger partial charge in [0.15, 0.2) is 6.04 Å². The molecule has 0 spiro atoms. The summed E-state index contributed by atoms with van der Waals surface area (Å²) in [5.74, 6) is -1.06. The second kappa shape index (κ2) is 21.6. The highest BCUT2D eigenvalue weighted by Crippen LogP contribution is 2.43. The summed E-state index contributed by atoms with van der Waals surface area (Å²) < 4.78 is 14.6. The van der Waals surface area contributed by atoms with E-state index in [0.29, 0.717) is 55.3 Å². The number of nitrogens with zero attached hydrogens (tertiary/aromatic N) is 7. The number of carbonyl (C=O) groups excluding carboxylic acids is 4. The Kier molecular flexibility index (Phi) is 16.0. The molecule has 16 nitrogen and oxygen atoms in total. The van der Waals surface area contributed by atoms with Gasteiger partial charge >= 0.3 is 12.0 Å². The van der Waals surface area contributed by atoms with E-state index in [9.17, 15) is 19.2 Å². The van der Waals surface area contributed by atoms with E-state index in [-0.39, 0.29) is 66.9 Å². The van der Waals surface area contributed by atoms with Crippen LogP contribution < -0.4 is 44.5 Å². The van der Waals surface area contributed by atoms with Crippen LogP contribution in [0.5, 0.6) is 0 Å². The lowest BCUT2D eigenvalue weighted by Gasteiger charge is -2.37. The zero-order valence-corrected chi connectivity index (χ0v) is 44.4. The van der Waals surface area contributed by atoms with Gasteiger partial charge in [-0.15, -0.1) is 11.3 Å². The molecule has 5 atom stereocenters. The number of fused-ring (bicyclic) bond motifs is 6. The number of aromatic nitrogens is 3. The maximum absolute atomic E-state index is 14.7.